The monoisotopic (exact) mass is 224 g/mol. The fourth-order valence-electron chi connectivity index (χ4n) is 1.94. The third-order valence-corrected chi connectivity index (χ3v) is 2.76. The first-order valence-electron chi connectivity index (χ1n) is 5.13. The van der Waals surface area contributed by atoms with Crippen molar-refractivity contribution in [3.05, 3.63) is 29.1 Å². The Labute approximate surface area is 92.0 Å². The average Bonchev–Trinajstić information content (AvgIpc) is 2.63. The Morgan fingerprint density at radius 1 is 1.69 bits per heavy atom. The number of halogens is 1. The molecule has 16 heavy (non-hydrogen) atoms. The smallest absolute Gasteiger partial charge is 0.320 e. The summed E-state index contributed by atoms with van der Waals surface area (Å²) in [6.07, 6.45) is 4.73. The maximum absolute atomic E-state index is 13.6. The number of aromatic amines is 1. The average molecular weight is 224 g/mol. The molecule has 0 spiro atoms. The molecule has 0 saturated carbocycles. The van der Waals surface area contributed by atoms with Crippen LogP contribution in [-0.2, 0) is 17.6 Å². The number of allylic oxidation sites excluding steroid dienone is 1. The van der Waals surface area contributed by atoms with Crippen LogP contribution in [0.3, 0.4) is 0 Å². The molecule has 1 heterocycles. The second-order valence-corrected chi connectivity index (χ2v) is 3.91. The molecule has 0 aromatic carbocycles. The van der Waals surface area contributed by atoms with Crippen LogP contribution in [0.15, 0.2) is 12.3 Å². The van der Waals surface area contributed by atoms with Crippen molar-refractivity contribution in [3.63, 3.8) is 0 Å². The van der Waals surface area contributed by atoms with Crippen LogP contribution >= 0.6 is 0 Å². The summed E-state index contributed by atoms with van der Waals surface area (Å²) in [4.78, 5) is 13.6. The SMILES string of the molecule is N[C@@H](Cc1c[nH]c2c1C(F)=CCC2)C(=O)O. The van der Waals surface area contributed by atoms with Gasteiger partial charge in [0, 0.05) is 23.9 Å². The third-order valence-electron chi connectivity index (χ3n) is 2.76. The predicted molar refractivity (Wildman–Crippen MR) is 57.5 cm³/mol. The van der Waals surface area contributed by atoms with E-state index in [-0.39, 0.29) is 12.2 Å². The van der Waals surface area contributed by atoms with E-state index in [9.17, 15) is 9.18 Å². The number of aromatic nitrogens is 1. The number of rotatable bonds is 3. The second-order valence-electron chi connectivity index (χ2n) is 3.91. The van der Waals surface area contributed by atoms with Crippen molar-refractivity contribution < 1.29 is 14.3 Å². The molecule has 0 unspecified atom stereocenters. The summed E-state index contributed by atoms with van der Waals surface area (Å²) in [6, 6.07) is -0.991. The van der Waals surface area contributed by atoms with Crippen molar-refractivity contribution in [1.82, 2.24) is 4.98 Å². The van der Waals surface area contributed by atoms with E-state index in [0.717, 1.165) is 12.1 Å². The van der Waals surface area contributed by atoms with Crippen LogP contribution in [0.25, 0.3) is 5.83 Å². The lowest BCUT2D eigenvalue weighted by Gasteiger charge is -2.11. The summed E-state index contributed by atoms with van der Waals surface area (Å²) in [7, 11) is 0. The summed E-state index contributed by atoms with van der Waals surface area (Å²) in [6.45, 7) is 0. The van der Waals surface area contributed by atoms with E-state index in [1.165, 1.54) is 6.08 Å². The van der Waals surface area contributed by atoms with E-state index in [1.807, 2.05) is 0 Å². The Balaban J connectivity index is 2.28. The third kappa shape index (κ3) is 1.86. The molecular formula is C11H13FN2O2. The molecule has 4 nitrogen and oxygen atoms in total. The Morgan fingerprint density at radius 2 is 2.44 bits per heavy atom. The Morgan fingerprint density at radius 3 is 3.12 bits per heavy atom. The minimum Gasteiger partial charge on any atom is -0.480 e. The fraction of sp³-hybridized carbons (Fsp3) is 0.364. The Hall–Kier alpha value is -1.62. The number of fused-ring (bicyclic) bond motifs is 1. The second kappa shape index (κ2) is 4.09. The highest BCUT2D eigenvalue weighted by Crippen LogP contribution is 2.30. The van der Waals surface area contributed by atoms with Gasteiger partial charge in [-0.2, -0.15) is 0 Å². The topological polar surface area (TPSA) is 79.1 Å². The molecule has 1 aliphatic carbocycles. The highest BCUT2D eigenvalue weighted by atomic mass is 19.1. The van der Waals surface area contributed by atoms with E-state index in [0.29, 0.717) is 17.5 Å². The van der Waals surface area contributed by atoms with E-state index < -0.39 is 12.0 Å². The van der Waals surface area contributed by atoms with Crippen molar-refractivity contribution in [1.29, 1.82) is 0 Å². The zero-order valence-corrected chi connectivity index (χ0v) is 8.66. The molecule has 1 aromatic rings. The molecule has 0 fully saturated rings. The van der Waals surface area contributed by atoms with Gasteiger partial charge in [0.15, 0.2) is 0 Å². The van der Waals surface area contributed by atoms with Crippen LogP contribution < -0.4 is 5.73 Å². The summed E-state index contributed by atoms with van der Waals surface area (Å²) in [5.74, 6) is -1.36. The van der Waals surface area contributed by atoms with Crippen LogP contribution in [0, 0.1) is 0 Å². The molecule has 0 bridgehead atoms. The van der Waals surface area contributed by atoms with Crippen LogP contribution in [0.1, 0.15) is 23.2 Å². The maximum atomic E-state index is 13.6. The number of aliphatic carboxylic acids is 1. The number of nitrogens with two attached hydrogens (primary N) is 1. The Kier molecular flexibility index (Phi) is 2.78. The number of carbonyl (C=O) groups is 1. The number of aryl methyl sites for hydroxylation is 1. The van der Waals surface area contributed by atoms with Gasteiger partial charge < -0.3 is 15.8 Å². The summed E-state index contributed by atoms with van der Waals surface area (Å²) in [5, 5.41) is 8.71. The van der Waals surface area contributed by atoms with Gasteiger partial charge in [0.05, 0.1) is 0 Å². The molecule has 4 N–H and O–H groups in total. The number of carboxylic acid groups (broad SMARTS) is 1. The highest BCUT2D eigenvalue weighted by Gasteiger charge is 2.21. The number of hydrogen-bond acceptors (Lipinski definition) is 2. The minimum atomic E-state index is -1.07. The van der Waals surface area contributed by atoms with Crippen LogP contribution in [0.4, 0.5) is 4.39 Å². The van der Waals surface area contributed by atoms with Crippen LogP contribution in [0.2, 0.25) is 0 Å². The van der Waals surface area contributed by atoms with E-state index in [2.05, 4.69) is 4.98 Å². The maximum Gasteiger partial charge on any atom is 0.320 e. The van der Waals surface area contributed by atoms with E-state index in [1.54, 1.807) is 6.20 Å². The fourth-order valence-corrected chi connectivity index (χ4v) is 1.94. The van der Waals surface area contributed by atoms with Gasteiger partial charge >= 0.3 is 5.97 Å². The zero-order valence-electron chi connectivity index (χ0n) is 8.66. The zero-order chi connectivity index (χ0) is 11.7. The first-order chi connectivity index (χ1) is 7.59. The Bertz CT molecular complexity index is 451. The van der Waals surface area contributed by atoms with Crippen molar-refractivity contribution in [2.24, 2.45) is 5.73 Å². The number of carboxylic acids is 1. The van der Waals surface area contributed by atoms with Crippen molar-refractivity contribution >= 4 is 11.8 Å². The normalized spacial score (nSPS) is 16.5. The molecule has 0 radical (unpaired) electrons. The summed E-state index contributed by atoms with van der Waals surface area (Å²) >= 11 is 0. The van der Waals surface area contributed by atoms with Gasteiger partial charge in [-0.05, 0) is 24.5 Å². The van der Waals surface area contributed by atoms with Crippen molar-refractivity contribution in [3.8, 4) is 0 Å². The van der Waals surface area contributed by atoms with Gasteiger partial charge in [0.25, 0.3) is 0 Å². The minimum absolute atomic E-state index is 0.141. The lowest BCUT2D eigenvalue weighted by Crippen LogP contribution is -2.32. The molecule has 1 aliphatic rings. The molecule has 0 amide bonds. The first-order valence-corrected chi connectivity index (χ1v) is 5.13. The van der Waals surface area contributed by atoms with Crippen LogP contribution in [-0.4, -0.2) is 22.1 Å². The molecule has 1 atom stereocenters. The molecule has 5 heteroatoms. The number of H-pyrrole nitrogens is 1. The van der Waals surface area contributed by atoms with E-state index >= 15 is 0 Å². The lowest BCUT2D eigenvalue weighted by atomic mass is 9.97. The first kappa shape index (κ1) is 10.9. The molecule has 86 valence electrons. The predicted octanol–water partition coefficient (Wildman–Crippen LogP) is 1.23. The van der Waals surface area contributed by atoms with Gasteiger partial charge in [0.2, 0.25) is 0 Å². The largest absolute Gasteiger partial charge is 0.480 e. The summed E-state index contributed by atoms with van der Waals surface area (Å²) in [5.41, 5.74) is 7.40. The molecular weight excluding hydrogens is 211 g/mol. The molecule has 1 aromatic heterocycles. The van der Waals surface area contributed by atoms with Gasteiger partial charge in [-0.15, -0.1) is 0 Å². The van der Waals surface area contributed by atoms with Crippen LogP contribution in [0.5, 0.6) is 0 Å². The standard InChI is InChI=1S/C11H13FN2O2/c12-7-2-1-3-9-10(7)6(5-14-9)4-8(13)11(15)16/h2,5,8,14H,1,3-4,13H2,(H,15,16)/t8-/m0/s1. The lowest BCUT2D eigenvalue weighted by molar-refractivity contribution is -0.138. The summed E-state index contributed by atoms with van der Waals surface area (Å²) < 4.78 is 13.6. The molecule has 2 rings (SSSR count). The van der Waals surface area contributed by atoms with Gasteiger partial charge in [0.1, 0.15) is 11.9 Å². The molecule has 0 saturated heterocycles. The van der Waals surface area contributed by atoms with Gasteiger partial charge in [-0.25, -0.2) is 4.39 Å². The molecule has 0 aliphatic heterocycles. The highest BCUT2D eigenvalue weighted by molar-refractivity contribution is 5.74. The number of nitrogens with one attached hydrogen (secondary N) is 1. The van der Waals surface area contributed by atoms with Crippen molar-refractivity contribution in [2.75, 3.05) is 0 Å². The number of hydrogen-bond donors (Lipinski definition) is 3. The van der Waals surface area contributed by atoms with Gasteiger partial charge in [-0.1, -0.05) is 0 Å². The van der Waals surface area contributed by atoms with Gasteiger partial charge in [-0.3, -0.25) is 4.79 Å². The van der Waals surface area contributed by atoms with Crippen molar-refractivity contribution in [2.45, 2.75) is 25.3 Å². The van der Waals surface area contributed by atoms with E-state index in [4.69, 9.17) is 10.8 Å². The quantitative estimate of drug-likeness (QED) is 0.722.